The first-order valence-corrected chi connectivity index (χ1v) is 7.63. The van der Waals surface area contributed by atoms with Crippen LogP contribution in [0.15, 0.2) is 0 Å². The van der Waals surface area contributed by atoms with E-state index in [4.69, 9.17) is 5.73 Å². The van der Waals surface area contributed by atoms with E-state index in [0.717, 1.165) is 44.7 Å². The Kier molecular flexibility index (Phi) is 3.13. The Morgan fingerprint density at radius 1 is 1.17 bits per heavy atom. The molecule has 3 nitrogen and oxygen atoms in total. The van der Waals surface area contributed by atoms with Crippen LogP contribution in [-0.2, 0) is 4.79 Å². The third-order valence-electron chi connectivity index (χ3n) is 5.60. The van der Waals surface area contributed by atoms with E-state index in [-0.39, 0.29) is 5.41 Å². The van der Waals surface area contributed by atoms with Gasteiger partial charge in [-0.05, 0) is 43.9 Å². The quantitative estimate of drug-likeness (QED) is 0.775. The molecule has 0 aromatic rings. The molecule has 2 aliphatic carbocycles. The molecule has 2 N–H and O–H groups in total. The van der Waals surface area contributed by atoms with Crippen LogP contribution in [0, 0.1) is 17.3 Å². The predicted molar refractivity (Wildman–Crippen MR) is 72.0 cm³/mol. The standard InChI is InChI=1S/C15H26N2O/c1-15(6-2-3-7-15)14(18)17-9-11-4-5-13(16)8-12(11)10-17/h11-13H,2-10,16H2,1H3/t11-,12+,13?/m1/s1. The van der Waals surface area contributed by atoms with Crippen LogP contribution < -0.4 is 5.73 Å². The Morgan fingerprint density at radius 2 is 1.83 bits per heavy atom. The van der Waals surface area contributed by atoms with Crippen molar-refractivity contribution in [2.75, 3.05) is 13.1 Å². The zero-order valence-corrected chi connectivity index (χ0v) is 11.5. The Hall–Kier alpha value is -0.570. The molecule has 3 aliphatic rings. The van der Waals surface area contributed by atoms with Crippen molar-refractivity contribution in [1.82, 2.24) is 4.90 Å². The topological polar surface area (TPSA) is 46.3 Å². The maximum atomic E-state index is 12.7. The highest BCUT2D eigenvalue weighted by atomic mass is 16.2. The first-order valence-electron chi connectivity index (χ1n) is 7.63. The second-order valence-electron chi connectivity index (χ2n) is 7.07. The minimum Gasteiger partial charge on any atom is -0.342 e. The van der Waals surface area contributed by atoms with Gasteiger partial charge in [-0.15, -0.1) is 0 Å². The van der Waals surface area contributed by atoms with Gasteiger partial charge in [0.25, 0.3) is 0 Å². The molecular weight excluding hydrogens is 224 g/mol. The molecular formula is C15H26N2O. The van der Waals surface area contributed by atoms with Gasteiger partial charge in [0, 0.05) is 24.5 Å². The van der Waals surface area contributed by atoms with Crippen molar-refractivity contribution >= 4 is 5.91 Å². The average Bonchev–Trinajstić information content (AvgIpc) is 2.94. The second-order valence-corrected chi connectivity index (χ2v) is 7.07. The third kappa shape index (κ3) is 2.07. The molecule has 1 aliphatic heterocycles. The molecule has 3 heteroatoms. The Bertz CT molecular complexity index is 335. The summed E-state index contributed by atoms with van der Waals surface area (Å²) in [5, 5.41) is 0. The summed E-state index contributed by atoms with van der Waals surface area (Å²) in [5.74, 6) is 1.85. The molecule has 3 rings (SSSR count). The number of hydrogen-bond donors (Lipinski definition) is 1. The molecule has 18 heavy (non-hydrogen) atoms. The fraction of sp³-hybridized carbons (Fsp3) is 0.933. The van der Waals surface area contributed by atoms with Gasteiger partial charge in [-0.25, -0.2) is 0 Å². The lowest BCUT2D eigenvalue weighted by molar-refractivity contribution is -0.140. The smallest absolute Gasteiger partial charge is 0.228 e. The van der Waals surface area contributed by atoms with Crippen molar-refractivity contribution in [2.24, 2.45) is 23.0 Å². The van der Waals surface area contributed by atoms with Gasteiger partial charge in [0.15, 0.2) is 0 Å². The molecule has 1 unspecified atom stereocenters. The van der Waals surface area contributed by atoms with Crippen molar-refractivity contribution in [1.29, 1.82) is 0 Å². The number of rotatable bonds is 1. The molecule has 3 atom stereocenters. The number of fused-ring (bicyclic) bond motifs is 1. The zero-order valence-electron chi connectivity index (χ0n) is 11.5. The molecule has 0 spiro atoms. The van der Waals surface area contributed by atoms with Gasteiger partial charge in [0.2, 0.25) is 5.91 Å². The van der Waals surface area contributed by atoms with Crippen LogP contribution in [0.5, 0.6) is 0 Å². The summed E-state index contributed by atoms with van der Waals surface area (Å²) < 4.78 is 0. The minimum atomic E-state index is -0.0460. The summed E-state index contributed by atoms with van der Waals surface area (Å²) >= 11 is 0. The molecule has 0 bridgehead atoms. The Balaban J connectivity index is 1.66. The second kappa shape index (κ2) is 4.52. The summed E-state index contributed by atoms with van der Waals surface area (Å²) in [4.78, 5) is 14.9. The molecule has 102 valence electrons. The van der Waals surface area contributed by atoms with Gasteiger partial charge in [0.05, 0.1) is 0 Å². The van der Waals surface area contributed by atoms with Crippen LogP contribution in [0.2, 0.25) is 0 Å². The van der Waals surface area contributed by atoms with E-state index in [2.05, 4.69) is 11.8 Å². The molecule has 1 amide bonds. The Morgan fingerprint density at radius 3 is 2.56 bits per heavy atom. The normalized spacial score (nSPS) is 38.8. The van der Waals surface area contributed by atoms with E-state index in [9.17, 15) is 4.79 Å². The van der Waals surface area contributed by atoms with E-state index in [1.807, 2.05) is 0 Å². The molecule has 1 saturated heterocycles. The fourth-order valence-corrected chi connectivity index (χ4v) is 4.38. The number of amides is 1. The molecule has 1 heterocycles. The molecule has 0 radical (unpaired) electrons. The summed E-state index contributed by atoms with van der Waals surface area (Å²) in [6.45, 7) is 4.16. The number of nitrogens with zero attached hydrogens (tertiary/aromatic N) is 1. The molecule has 0 aromatic heterocycles. The molecule has 3 fully saturated rings. The SMILES string of the molecule is CC1(C(=O)N2C[C@H]3CCC(N)C[C@H]3C2)CCCC1. The van der Waals surface area contributed by atoms with E-state index in [0.29, 0.717) is 17.9 Å². The van der Waals surface area contributed by atoms with Crippen LogP contribution >= 0.6 is 0 Å². The summed E-state index contributed by atoms with van der Waals surface area (Å²) in [6, 6.07) is 0.378. The number of carbonyl (C=O) groups is 1. The van der Waals surface area contributed by atoms with Crippen molar-refractivity contribution in [3.05, 3.63) is 0 Å². The first kappa shape index (κ1) is 12.5. The minimum absolute atomic E-state index is 0.0460. The summed E-state index contributed by atoms with van der Waals surface area (Å²) in [7, 11) is 0. The van der Waals surface area contributed by atoms with Crippen LogP contribution in [0.3, 0.4) is 0 Å². The van der Waals surface area contributed by atoms with Crippen LogP contribution in [0.25, 0.3) is 0 Å². The van der Waals surface area contributed by atoms with Crippen molar-refractivity contribution in [2.45, 2.75) is 57.9 Å². The highest BCUT2D eigenvalue weighted by molar-refractivity contribution is 5.83. The van der Waals surface area contributed by atoms with Crippen molar-refractivity contribution in [3.8, 4) is 0 Å². The van der Waals surface area contributed by atoms with Crippen molar-refractivity contribution < 1.29 is 4.79 Å². The van der Waals surface area contributed by atoms with Gasteiger partial charge in [0.1, 0.15) is 0 Å². The van der Waals surface area contributed by atoms with E-state index in [1.54, 1.807) is 0 Å². The van der Waals surface area contributed by atoms with Gasteiger partial charge >= 0.3 is 0 Å². The summed E-state index contributed by atoms with van der Waals surface area (Å²) in [6.07, 6.45) is 8.16. The van der Waals surface area contributed by atoms with Crippen LogP contribution in [0.4, 0.5) is 0 Å². The maximum absolute atomic E-state index is 12.7. The molecule has 0 aromatic carbocycles. The predicted octanol–water partition coefficient (Wildman–Crippen LogP) is 2.15. The highest BCUT2D eigenvalue weighted by Crippen LogP contribution is 2.42. The largest absolute Gasteiger partial charge is 0.342 e. The number of likely N-dealkylation sites (tertiary alicyclic amines) is 1. The van der Waals surface area contributed by atoms with E-state index in [1.165, 1.54) is 19.3 Å². The van der Waals surface area contributed by atoms with E-state index >= 15 is 0 Å². The van der Waals surface area contributed by atoms with Crippen LogP contribution in [0.1, 0.15) is 51.9 Å². The fourth-order valence-electron chi connectivity index (χ4n) is 4.38. The van der Waals surface area contributed by atoms with Gasteiger partial charge in [-0.1, -0.05) is 19.8 Å². The lowest BCUT2D eigenvalue weighted by Gasteiger charge is -2.28. The lowest BCUT2D eigenvalue weighted by Crippen LogP contribution is -2.40. The number of hydrogen-bond acceptors (Lipinski definition) is 2. The van der Waals surface area contributed by atoms with Gasteiger partial charge in [-0.2, -0.15) is 0 Å². The van der Waals surface area contributed by atoms with Gasteiger partial charge < -0.3 is 10.6 Å². The third-order valence-corrected chi connectivity index (χ3v) is 5.60. The zero-order chi connectivity index (χ0) is 12.8. The highest BCUT2D eigenvalue weighted by Gasteiger charge is 2.44. The van der Waals surface area contributed by atoms with Gasteiger partial charge in [-0.3, -0.25) is 4.79 Å². The maximum Gasteiger partial charge on any atom is 0.228 e. The first-order chi connectivity index (χ1) is 8.58. The van der Waals surface area contributed by atoms with Crippen LogP contribution in [-0.4, -0.2) is 29.9 Å². The molecule has 2 saturated carbocycles. The average molecular weight is 250 g/mol. The Labute approximate surface area is 110 Å². The number of carbonyl (C=O) groups excluding carboxylic acids is 1. The lowest BCUT2D eigenvalue weighted by atomic mass is 9.79. The summed E-state index contributed by atoms with van der Waals surface area (Å²) in [5.41, 5.74) is 6.01. The van der Waals surface area contributed by atoms with Crippen molar-refractivity contribution in [3.63, 3.8) is 0 Å². The van der Waals surface area contributed by atoms with E-state index < -0.39 is 0 Å². The monoisotopic (exact) mass is 250 g/mol. The number of nitrogens with two attached hydrogens (primary N) is 1.